The SMILES string of the molecule is COc1ccc(OC(=O)c2ccc(OCCC[Si](C)(O)O)cc2)cc1. The predicted molar refractivity (Wildman–Crippen MR) is 95.4 cm³/mol. The van der Waals surface area contributed by atoms with Crippen LogP contribution in [0.3, 0.4) is 0 Å². The monoisotopic (exact) mass is 362 g/mol. The van der Waals surface area contributed by atoms with Crippen LogP contribution in [-0.4, -0.2) is 37.8 Å². The minimum absolute atomic E-state index is 0.360. The van der Waals surface area contributed by atoms with E-state index in [2.05, 4.69) is 0 Å². The van der Waals surface area contributed by atoms with Crippen LogP contribution < -0.4 is 14.2 Å². The summed E-state index contributed by atoms with van der Waals surface area (Å²) in [5.41, 5.74) is 0.411. The van der Waals surface area contributed by atoms with E-state index in [0.29, 0.717) is 41.9 Å². The number of hydrogen-bond acceptors (Lipinski definition) is 6. The molecule has 0 aromatic heterocycles. The standard InChI is InChI=1S/C18H22O6Si/c1-22-15-8-10-17(11-9-15)24-18(19)14-4-6-16(7-5-14)23-12-3-13-25(2,20)21/h4-11,20-21H,3,12-13H2,1-2H3. The summed E-state index contributed by atoms with van der Waals surface area (Å²) in [6.45, 7) is 1.86. The lowest BCUT2D eigenvalue weighted by atomic mass is 10.2. The topological polar surface area (TPSA) is 85.2 Å². The molecule has 7 heteroatoms. The number of ether oxygens (including phenoxy) is 3. The van der Waals surface area contributed by atoms with Crippen LogP contribution in [0.15, 0.2) is 48.5 Å². The zero-order valence-electron chi connectivity index (χ0n) is 14.3. The summed E-state index contributed by atoms with van der Waals surface area (Å²) in [5, 5.41) is 0. The molecule has 0 amide bonds. The van der Waals surface area contributed by atoms with E-state index in [0.717, 1.165) is 0 Å². The van der Waals surface area contributed by atoms with Gasteiger partial charge in [-0.05, 0) is 67.5 Å². The van der Waals surface area contributed by atoms with Gasteiger partial charge >= 0.3 is 14.5 Å². The molecule has 0 unspecified atom stereocenters. The van der Waals surface area contributed by atoms with Gasteiger partial charge in [0, 0.05) is 0 Å². The Kier molecular flexibility index (Phi) is 6.57. The second kappa shape index (κ2) is 8.66. The van der Waals surface area contributed by atoms with E-state index in [9.17, 15) is 14.4 Å². The fourth-order valence-electron chi connectivity index (χ4n) is 2.09. The van der Waals surface area contributed by atoms with Gasteiger partial charge in [-0.15, -0.1) is 0 Å². The van der Waals surface area contributed by atoms with Crippen molar-refractivity contribution in [1.82, 2.24) is 0 Å². The summed E-state index contributed by atoms with van der Waals surface area (Å²) in [4.78, 5) is 30.8. The van der Waals surface area contributed by atoms with Crippen molar-refractivity contribution in [2.45, 2.75) is 19.0 Å². The largest absolute Gasteiger partial charge is 0.497 e. The second-order valence-corrected chi connectivity index (χ2v) is 8.69. The molecule has 25 heavy (non-hydrogen) atoms. The van der Waals surface area contributed by atoms with Gasteiger partial charge in [0.25, 0.3) is 0 Å². The first-order valence-electron chi connectivity index (χ1n) is 7.91. The van der Waals surface area contributed by atoms with Crippen molar-refractivity contribution in [3.8, 4) is 17.2 Å². The average molecular weight is 362 g/mol. The quantitative estimate of drug-likeness (QED) is 0.325. The Morgan fingerprint density at radius 2 is 1.52 bits per heavy atom. The van der Waals surface area contributed by atoms with E-state index < -0.39 is 14.5 Å². The van der Waals surface area contributed by atoms with E-state index >= 15 is 0 Å². The average Bonchev–Trinajstić information content (AvgIpc) is 2.59. The lowest BCUT2D eigenvalue weighted by Crippen LogP contribution is -2.29. The Morgan fingerprint density at radius 3 is 2.08 bits per heavy atom. The van der Waals surface area contributed by atoms with Crippen LogP contribution in [0.1, 0.15) is 16.8 Å². The highest BCUT2D eigenvalue weighted by Crippen LogP contribution is 2.19. The van der Waals surface area contributed by atoms with Gasteiger partial charge in [0.2, 0.25) is 0 Å². The Hall–Kier alpha value is -2.35. The van der Waals surface area contributed by atoms with Crippen LogP contribution in [0.2, 0.25) is 12.6 Å². The smallest absolute Gasteiger partial charge is 0.343 e. The minimum atomic E-state index is -3.01. The molecular weight excluding hydrogens is 340 g/mol. The normalized spacial score (nSPS) is 11.0. The van der Waals surface area contributed by atoms with E-state index in [1.165, 1.54) is 6.55 Å². The number of carbonyl (C=O) groups excluding carboxylic acids is 1. The van der Waals surface area contributed by atoms with E-state index in [1.807, 2.05) is 0 Å². The van der Waals surface area contributed by atoms with Crippen LogP contribution in [0.25, 0.3) is 0 Å². The van der Waals surface area contributed by atoms with Gasteiger partial charge in [0.1, 0.15) is 17.2 Å². The molecule has 0 heterocycles. The van der Waals surface area contributed by atoms with Gasteiger partial charge in [-0.3, -0.25) is 0 Å². The lowest BCUT2D eigenvalue weighted by Gasteiger charge is -2.12. The number of carbonyl (C=O) groups is 1. The molecule has 0 saturated carbocycles. The number of methoxy groups -OCH3 is 1. The Balaban J connectivity index is 1.84. The van der Waals surface area contributed by atoms with Crippen molar-refractivity contribution in [2.24, 2.45) is 0 Å². The number of benzene rings is 2. The van der Waals surface area contributed by atoms with E-state index in [-0.39, 0.29) is 0 Å². The molecule has 0 aliphatic heterocycles. The maximum atomic E-state index is 12.1. The summed E-state index contributed by atoms with van der Waals surface area (Å²) >= 11 is 0. The maximum Gasteiger partial charge on any atom is 0.343 e. The zero-order valence-corrected chi connectivity index (χ0v) is 15.3. The van der Waals surface area contributed by atoms with Crippen molar-refractivity contribution in [3.05, 3.63) is 54.1 Å². The highest BCUT2D eigenvalue weighted by atomic mass is 28.4. The van der Waals surface area contributed by atoms with Crippen LogP contribution in [0, 0.1) is 0 Å². The van der Waals surface area contributed by atoms with Crippen molar-refractivity contribution < 1.29 is 28.6 Å². The van der Waals surface area contributed by atoms with Crippen LogP contribution >= 0.6 is 0 Å². The van der Waals surface area contributed by atoms with E-state index in [4.69, 9.17) is 14.2 Å². The summed E-state index contributed by atoms with van der Waals surface area (Å²) < 4.78 is 15.9. The minimum Gasteiger partial charge on any atom is -0.497 e. The molecule has 0 fully saturated rings. The van der Waals surface area contributed by atoms with Crippen molar-refractivity contribution >= 4 is 14.5 Å². The highest BCUT2D eigenvalue weighted by molar-refractivity contribution is 6.63. The molecule has 6 nitrogen and oxygen atoms in total. The third-order valence-corrected chi connectivity index (χ3v) is 4.72. The summed E-state index contributed by atoms with van der Waals surface area (Å²) in [5.74, 6) is 1.28. The molecule has 2 aromatic rings. The van der Waals surface area contributed by atoms with Gasteiger partial charge in [-0.2, -0.15) is 0 Å². The number of esters is 1. The fraction of sp³-hybridized carbons (Fsp3) is 0.278. The third-order valence-electron chi connectivity index (χ3n) is 3.42. The lowest BCUT2D eigenvalue weighted by molar-refractivity contribution is 0.0734. The molecule has 2 rings (SSSR count). The zero-order chi connectivity index (χ0) is 18.3. The molecule has 0 radical (unpaired) electrons. The van der Waals surface area contributed by atoms with Crippen molar-refractivity contribution in [1.29, 1.82) is 0 Å². The highest BCUT2D eigenvalue weighted by Gasteiger charge is 2.20. The first-order valence-corrected chi connectivity index (χ1v) is 10.5. The number of rotatable bonds is 8. The van der Waals surface area contributed by atoms with Crippen LogP contribution in [0.5, 0.6) is 17.2 Å². The van der Waals surface area contributed by atoms with Crippen LogP contribution in [0.4, 0.5) is 0 Å². The first-order chi connectivity index (χ1) is 11.9. The number of hydrogen-bond donors (Lipinski definition) is 2. The molecule has 0 bridgehead atoms. The van der Waals surface area contributed by atoms with Gasteiger partial charge < -0.3 is 23.8 Å². The maximum absolute atomic E-state index is 12.1. The summed E-state index contributed by atoms with van der Waals surface area (Å²) in [7, 11) is -1.44. The molecular formula is C18H22O6Si. The molecule has 0 spiro atoms. The Bertz CT molecular complexity index is 676. The van der Waals surface area contributed by atoms with Gasteiger partial charge in [-0.25, -0.2) is 4.79 Å². The summed E-state index contributed by atoms with van der Waals surface area (Å²) in [6, 6.07) is 13.7. The van der Waals surface area contributed by atoms with Crippen molar-refractivity contribution in [2.75, 3.05) is 13.7 Å². The first kappa shape index (κ1) is 19.0. The molecule has 0 aliphatic carbocycles. The third kappa shape index (κ3) is 6.58. The Labute approximate surface area is 147 Å². The molecule has 0 atom stereocenters. The molecule has 2 N–H and O–H groups in total. The molecule has 0 aliphatic rings. The van der Waals surface area contributed by atoms with Gasteiger partial charge in [0.05, 0.1) is 19.3 Å². The molecule has 2 aromatic carbocycles. The summed E-state index contributed by atoms with van der Waals surface area (Å²) in [6.07, 6.45) is 0.566. The van der Waals surface area contributed by atoms with Gasteiger partial charge in [0.15, 0.2) is 0 Å². The Morgan fingerprint density at radius 1 is 0.960 bits per heavy atom. The van der Waals surface area contributed by atoms with Crippen molar-refractivity contribution in [3.63, 3.8) is 0 Å². The fourth-order valence-corrected chi connectivity index (χ4v) is 2.91. The molecule has 0 saturated heterocycles. The second-order valence-electron chi connectivity index (χ2n) is 5.76. The molecule has 134 valence electrons. The predicted octanol–water partition coefficient (Wildman–Crippen LogP) is 2.74. The van der Waals surface area contributed by atoms with Crippen LogP contribution in [-0.2, 0) is 0 Å². The van der Waals surface area contributed by atoms with Gasteiger partial charge in [-0.1, -0.05) is 0 Å². The van der Waals surface area contributed by atoms with E-state index in [1.54, 1.807) is 55.6 Å².